The fourth-order valence-electron chi connectivity index (χ4n) is 4.46. The van der Waals surface area contributed by atoms with Gasteiger partial charge in [0.1, 0.15) is 40.6 Å². The zero-order chi connectivity index (χ0) is 25.8. The molecular formula is C29H22F4O3. The molecule has 0 heterocycles. The fraction of sp³-hybridized carbons (Fsp3) is 0.138. The molecule has 0 fully saturated rings. The second-order valence-electron chi connectivity index (χ2n) is 8.59. The third-order valence-electron chi connectivity index (χ3n) is 6.04. The number of hydrogen-bond donors (Lipinski definition) is 2. The Kier molecular flexibility index (Phi) is 7.38. The molecule has 4 aromatic carbocycles. The summed E-state index contributed by atoms with van der Waals surface area (Å²) < 4.78 is 55.7. The van der Waals surface area contributed by atoms with Gasteiger partial charge in [0.25, 0.3) is 0 Å². The smallest absolute Gasteiger partial charge is 0.148 e. The topological polar surface area (TPSA) is 57.5 Å². The van der Waals surface area contributed by atoms with E-state index >= 15 is 0 Å². The molecule has 3 nitrogen and oxygen atoms in total. The number of halogens is 4. The van der Waals surface area contributed by atoms with Crippen molar-refractivity contribution in [3.8, 4) is 11.5 Å². The summed E-state index contributed by atoms with van der Waals surface area (Å²) in [6.07, 6.45) is -0.320. The van der Waals surface area contributed by atoms with Crippen LogP contribution in [0.3, 0.4) is 0 Å². The Balaban J connectivity index is 1.82. The standard InChI is InChI=1S/C29H22F4O3/c30-19-9-17(10-20(31)15-19)13-25(23-5-1-3-7-27(23)34)29(36)26(24-6-2-4-8-28(24)35)14-18-11-21(32)16-22(33)12-18/h1-12,15-16,25-26,34-35H,13-14H2. The van der Waals surface area contributed by atoms with Gasteiger partial charge in [0.2, 0.25) is 0 Å². The zero-order valence-corrected chi connectivity index (χ0v) is 19.0. The van der Waals surface area contributed by atoms with Gasteiger partial charge in [-0.1, -0.05) is 36.4 Å². The van der Waals surface area contributed by atoms with Crippen LogP contribution in [-0.2, 0) is 17.6 Å². The number of carbonyl (C=O) groups excluding carboxylic acids is 1. The van der Waals surface area contributed by atoms with Crippen molar-refractivity contribution in [1.82, 2.24) is 0 Å². The van der Waals surface area contributed by atoms with E-state index in [1.165, 1.54) is 24.3 Å². The first kappa shape index (κ1) is 25.0. The number of benzene rings is 4. The molecule has 0 saturated heterocycles. The van der Waals surface area contributed by atoms with Crippen LogP contribution in [0.4, 0.5) is 17.6 Å². The molecule has 0 bridgehead atoms. The van der Waals surface area contributed by atoms with E-state index in [2.05, 4.69) is 0 Å². The van der Waals surface area contributed by atoms with Crippen LogP contribution < -0.4 is 0 Å². The molecule has 2 unspecified atom stereocenters. The molecule has 2 atom stereocenters. The van der Waals surface area contributed by atoms with Crippen molar-refractivity contribution in [1.29, 1.82) is 0 Å². The van der Waals surface area contributed by atoms with Gasteiger partial charge in [0.05, 0.1) is 11.8 Å². The first-order chi connectivity index (χ1) is 17.2. The summed E-state index contributed by atoms with van der Waals surface area (Å²) in [4.78, 5) is 14.1. The number of aromatic hydroxyl groups is 2. The number of carbonyl (C=O) groups is 1. The Morgan fingerprint density at radius 3 is 1.25 bits per heavy atom. The lowest BCUT2D eigenvalue weighted by molar-refractivity contribution is -0.122. The number of phenols is 2. The Morgan fingerprint density at radius 1 is 0.583 bits per heavy atom. The summed E-state index contributed by atoms with van der Waals surface area (Å²) in [5.74, 6) is -6.34. The number of hydrogen-bond acceptors (Lipinski definition) is 3. The third-order valence-corrected chi connectivity index (χ3v) is 6.04. The lowest BCUT2D eigenvalue weighted by Gasteiger charge is -2.25. The maximum Gasteiger partial charge on any atom is 0.148 e. The molecule has 0 aliphatic carbocycles. The first-order valence-electron chi connectivity index (χ1n) is 11.2. The predicted octanol–water partition coefficient (Wildman–Crippen LogP) is 6.58. The molecule has 7 heteroatoms. The molecule has 0 aromatic heterocycles. The Morgan fingerprint density at radius 2 is 0.917 bits per heavy atom. The first-order valence-corrected chi connectivity index (χ1v) is 11.2. The monoisotopic (exact) mass is 494 g/mol. The normalized spacial score (nSPS) is 12.8. The van der Waals surface area contributed by atoms with Gasteiger partial charge in [-0.15, -0.1) is 0 Å². The van der Waals surface area contributed by atoms with Crippen LogP contribution in [0.15, 0.2) is 84.9 Å². The van der Waals surface area contributed by atoms with E-state index in [0.29, 0.717) is 12.1 Å². The summed E-state index contributed by atoms with van der Waals surface area (Å²) >= 11 is 0. The molecule has 0 amide bonds. The summed E-state index contributed by atoms with van der Waals surface area (Å²) in [6, 6.07) is 18.0. The van der Waals surface area contributed by atoms with Crippen molar-refractivity contribution in [3.05, 3.63) is 130 Å². The minimum atomic E-state index is -1.09. The second kappa shape index (κ2) is 10.6. The van der Waals surface area contributed by atoms with E-state index in [1.54, 1.807) is 24.3 Å². The molecule has 0 aliphatic rings. The molecular weight excluding hydrogens is 472 g/mol. The van der Waals surface area contributed by atoms with E-state index in [9.17, 15) is 32.6 Å². The number of Topliss-reactive ketones (excluding diaryl/α,β-unsaturated/α-hetero) is 1. The molecule has 36 heavy (non-hydrogen) atoms. The van der Waals surface area contributed by atoms with Crippen LogP contribution in [0, 0.1) is 23.3 Å². The Labute approximate surface area is 205 Å². The average molecular weight is 494 g/mol. The average Bonchev–Trinajstić information content (AvgIpc) is 2.80. The number of rotatable bonds is 8. The highest BCUT2D eigenvalue weighted by Gasteiger charge is 2.33. The van der Waals surface area contributed by atoms with Crippen LogP contribution in [0.5, 0.6) is 11.5 Å². The van der Waals surface area contributed by atoms with Crippen molar-refractivity contribution >= 4 is 5.78 Å². The predicted molar refractivity (Wildman–Crippen MR) is 127 cm³/mol. The molecule has 0 aliphatic heterocycles. The summed E-state index contributed by atoms with van der Waals surface area (Å²) in [5.41, 5.74) is 0.805. The maximum atomic E-state index is 14.1. The van der Waals surface area contributed by atoms with Gasteiger partial charge in [-0.25, -0.2) is 17.6 Å². The van der Waals surface area contributed by atoms with Crippen molar-refractivity contribution in [2.75, 3.05) is 0 Å². The summed E-state index contributed by atoms with van der Waals surface area (Å²) in [6.45, 7) is 0. The maximum absolute atomic E-state index is 14.1. The number of ketones is 1. The number of phenolic OH excluding ortho intramolecular Hbond substituents is 2. The highest BCUT2D eigenvalue weighted by atomic mass is 19.1. The fourth-order valence-corrected chi connectivity index (χ4v) is 4.46. The van der Waals surface area contributed by atoms with Gasteiger partial charge < -0.3 is 10.2 Å². The lowest BCUT2D eigenvalue weighted by Crippen LogP contribution is -2.25. The highest BCUT2D eigenvalue weighted by Crippen LogP contribution is 2.38. The SMILES string of the molecule is O=C(C(Cc1cc(F)cc(F)c1)c1ccccc1O)C(Cc1cc(F)cc(F)c1)c1ccccc1O. The van der Waals surface area contributed by atoms with Crippen molar-refractivity contribution < 1.29 is 32.6 Å². The minimum Gasteiger partial charge on any atom is -0.508 e. The van der Waals surface area contributed by atoms with E-state index in [-0.39, 0.29) is 46.6 Å². The van der Waals surface area contributed by atoms with Gasteiger partial charge in [0, 0.05) is 23.3 Å². The lowest BCUT2D eigenvalue weighted by atomic mass is 9.77. The van der Waals surface area contributed by atoms with Crippen molar-refractivity contribution in [3.63, 3.8) is 0 Å². The summed E-state index contributed by atoms with van der Waals surface area (Å²) in [7, 11) is 0. The molecule has 4 rings (SSSR count). The van der Waals surface area contributed by atoms with Crippen molar-refractivity contribution in [2.24, 2.45) is 0 Å². The van der Waals surface area contributed by atoms with Gasteiger partial charge in [-0.2, -0.15) is 0 Å². The van der Waals surface area contributed by atoms with Crippen LogP contribution in [0.2, 0.25) is 0 Å². The van der Waals surface area contributed by atoms with E-state index in [0.717, 1.165) is 24.3 Å². The zero-order valence-electron chi connectivity index (χ0n) is 19.0. The van der Waals surface area contributed by atoms with Crippen LogP contribution in [0.25, 0.3) is 0 Å². The summed E-state index contributed by atoms with van der Waals surface area (Å²) in [5, 5.41) is 21.1. The minimum absolute atomic E-state index is 0.160. The van der Waals surface area contributed by atoms with Gasteiger partial charge >= 0.3 is 0 Å². The highest BCUT2D eigenvalue weighted by molar-refractivity contribution is 5.93. The molecule has 0 radical (unpaired) electrons. The van der Waals surface area contributed by atoms with Crippen LogP contribution >= 0.6 is 0 Å². The molecule has 0 spiro atoms. The third kappa shape index (κ3) is 5.74. The van der Waals surface area contributed by atoms with E-state index in [4.69, 9.17) is 0 Å². The van der Waals surface area contributed by atoms with E-state index in [1.807, 2.05) is 0 Å². The van der Waals surface area contributed by atoms with Gasteiger partial charge in [-0.05, 0) is 60.4 Å². The molecule has 184 valence electrons. The second-order valence-corrected chi connectivity index (χ2v) is 8.59. The molecule has 4 aromatic rings. The van der Waals surface area contributed by atoms with Gasteiger partial charge in [0.15, 0.2) is 0 Å². The molecule has 0 saturated carbocycles. The van der Waals surface area contributed by atoms with E-state index < -0.39 is 40.9 Å². The van der Waals surface area contributed by atoms with Gasteiger partial charge in [-0.3, -0.25) is 4.79 Å². The number of para-hydroxylation sites is 2. The quantitative estimate of drug-likeness (QED) is 0.272. The van der Waals surface area contributed by atoms with Crippen molar-refractivity contribution in [2.45, 2.75) is 24.7 Å². The Bertz CT molecular complexity index is 1260. The Hall–Kier alpha value is -4.13. The molecule has 2 N–H and O–H groups in total. The van der Waals surface area contributed by atoms with Crippen LogP contribution in [0.1, 0.15) is 34.1 Å². The largest absolute Gasteiger partial charge is 0.508 e. The van der Waals surface area contributed by atoms with Crippen LogP contribution in [-0.4, -0.2) is 16.0 Å².